The minimum atomic E-state index is -0.250. The zero-order valence-electron chi connectivity index (χ0n) is 5.25. The molecule has 0 radical (unpaired) electrons. The Morgan fingerprint density at radius 2 is 2.50 bits per heavy atom. The highest BCUT2D eigenvalue weighted by Gasteiger charge is 2.26. The van der Waals surface area contributed by atoms with Crippen molar-refractivity contribution in [3.05, 3.63) is 29.8 Å². The highest BCUT2D eigenvalue weighted by Crippen LogP contribution is 2.27. The number of nitrogens with zero attached hydrogens (tertiary/aromatic N) is 1. The first-order chi connectivity index (χ1) is 4.86. The molecule has 0 N–H and O–H groups in total. The van der Waals surface area contributed by atoms with Crippen LogP contribution in [-0.4, -0.2) is 11.6 Å². The van der Waals surface area contributed by atoms with E-state index in [-0.39, 0.29) is 11.9 Å². The predicted octanol–water partition coefficient (Wildman–Crippen LogP) is 1.29. The monoisotopic (exact) mass is 139 g/mol. The van der Waals surface area contributed by atoms with E-state index in [0.717, 1.165) is 0 Å². The first kappa shape index (κ1) is 5.80. The third-order valence-electron chi connectivity index (χ3n) is 1.41. The van der Waals surface area contributed by atoms with Gasteiger partial charge in [0.05, 0.1) is 12.3 Å². The lowest BCUT2D eigenvalue weighted by Crippen LogP contribution is -1.86. The van der Waals surface area contributed by atoms with Crippen molar-refractivity contribution in [2.45, 2.75) is 6.10 Å². The minimum absolute atomic E-state index is 0.0516. The molecule has 0 aliphatic carbocycles. The second-order valence-electron chi connectivity index (χ2n) is 2.22. The van der Waals surface area contributed by atoms with Crippen LogP contribution in [0, 0.1) is 5.82 Å². The van der Waals surface area contributed by atoms with Crippen LogP contribution in [0.1, 0.15) is 11.8 Å². The Kier molecular flexibility index (Phi) is 1.17. The molecular formula is C7H6FNO. The maximum absolute atomic E-state index is 12.5. The van der Waals surface area contributed by atoms with Gasteiger partial charge in [-0.25, -0.2) is 4.39 Å². The highest BCUT2D eigenvalue weighted by atomic mass is 19.1. The van der Waals surface area contributed by atoms with Crippen LogP contribution in [-0.2, 0) is 4.74 Å². The molecule has 1 aliphatic heterocycles. The van der Waals surface area contributed by atoms with Gasteiger partial charge in [0, 0.05) is 6.20 Å². The van der Waals surface area contributed by atoms with Crippen molar-refractivity contribution >= 4 is 0 Å². The lowest BCUT2D eigenvalue weighted by Gasteiger charge is -1.91. The van der Waals surface area contributed by atoms with Crippen molar-refractivity contribution in [1.82, 2.24) is 4.98 Å². The standard InChI is InChI=1S/C7H6FNO/c8-5-1-2-9-6(3-5)7-4-10-7/h1-3,7H,4H2/t7-/m0/s1. The fraction of sp³-hybridized carbons (Fsp3) is 0.286. The van der Waals surface area contributed by atoms with Gasteiger partial charge in [0.15, 0.2) is 0 Å². The van der Waals surface area contributed by atoms with Crippen LogP contribution < -0.4 is 0 Å². The molecule has 1 fully saturated rings. The minimum Gasteiger partial charge on any atom is -0.366 e. The summed E-state index contributed by atoms with van der Waals surface area (Å²) in [6.45, 7) is 0.677. The Hall–Kier alpha value is -0.960. The van der Waals surface area contributed by atoms with Crippen LogP contribution in [0.15, 0.2) is 18.3 Å². The first-order valence-electron chi connectivity index (χ1n) is 3.09. The molecule has 1 atom stereocenters. The van der Waals surface area contributed by atoms with Crippen molar-refractivity contribution in [2.75, 3.05) is 6.61 Å². The molecule has 1 saturated heterocycles. The molecule has 1 aromatic rings. The van der Waals surface area contributed by atoms with Gasteiger partial charge in [-0.3, -0.25) is 4.98 Å². The summed E-state index contributed by atoms with van der Waals surface area (Å²) in [6, 6.07) is 2.73. The SMILES string of the molecule is Fc1ccnc([C@@H]2CO2)c1. The largest absolute Gasteiger partial charge is 0.366 e. The van der Waals surface area contributed by atoms with Crippen LogP contribution in [0.3, 0.4) is 0 Å². The van der Waals surface area contributed by atoms with Gasteiger partial charge >= 0.3 is 0 Å². The Morgan fingerprint density at radius 3 is 3.10 bits per heavy atom. The molecule has 1 aliphatic rings. The summed E-state index contributed by atoms with van der Waals surface area (Å²) in [5.41, 5.74) is 0.694. The molecule has 0 amide bonds. The average molecular weight is 139 g/mol. The molecule has 3 heteroatoms. The topological polar surface area (TPSA) is 25.4 Å². The smallest absolute Gasteiger partial charge is 0.126 e. The summed E-state index contributed by atoms with van der Waals surface area (Å²) < 4.78 is 17.4. The molecule has 52 valence electrons. The summed E-state index contributed by atoms with van der Waals surface area (Å²) in [7, 11) is 0. The molecule has 2 rings (SSSR count). The highest BCUT2D eigenvalue weighted by molar-refractivity contribution is 5.11. The molecule has 1 aromatic heterocycles. The Labute approximate surface area is 57.7 Å². The average Bonchev–Trinajstić information content (AvgIpc) is 2.68. The summed E-state index contributed by atoms with van der Waals surface area (Å²) in [5, 5.41) is 0. The van der Waals surface area contributed by atoms with E-state index in [9.17, 15) is 4.39 Å². The zero-order valence-corrected chi connectivity index (χ0v) is 5.25. The van der Waals surface area contributed by atoms with Crippen LogP contribution >= 0.6 is 0 Å². The molecule has 0 bridgehead atoms. The Morgan fingerprint density at radius 1 is 1.70 bits per heavy atom. The number of aromatic nitrogens is 1. The van der Waals surface area contributed by atoms with Gasteiger partial charge in [0.25, 0.3) is 0 Å². The van der Waals surface area contributed by atoms with Crippen molar-refractivity contribution < 1.29 is 9.13 Å². The van der Waals surface area contributed by atoms with E-state index < -0.39 is 0 Å². The van der Waals surface area contributed by atoms with Gasteiger partial charge in [-0.1, -0.05) is 0 Å². The number of epoxide rings is 1. The van der Waals surface area contributed by atoms with Gasteiger partial charge in [-0.15, -0.1) is 0 Å². The van der Waals surface area contributed by atoms with Crippen LogP contribution in [0.5, 0.6) is 0 Å². The molecule has 10 heavy (non-hydrogen) atoms. The molecular weight excluding hydrogens is 133 g/mol. The third-order valence-corrected chi connectivity index (χ3v) is 1.41. The van der Waals surface area contributed by atoms with Gasteiger partial charge in [0.1, 0.15) is 11.9 Å². The van der Waals surface area contributed by atoms with Crippen LogP contribution in [0.4, 0.5) is 4.39 Å². The lowest BCUT2D eigenvalue weighted by atomic mass is 10.3. The van der Waals surface area contributed by atoms with E-state index in [1.165, 1.54) is 18.3 Å². The lowest BCUT2D eigenvalue weighted by molar-refractivity contribution is 0.410. The number of hydrogen-bond acceptors (Lipinski definition) is 2. The first-order valence-corrected chi connectivity index (χ1v) is 3.09. The van der Waals surface area contributed by atoms with E-state index in [0.29, 0.717) is 12.3 Å². The second kappa shape index (κ2) is 2.02. The molecule has 0 spiro atoms. The Balaban J connectivity index is 2.32. The second-order valence-corrected chi connectivity index (χ2v) is 2.22. The molecule has 0 aromatic carbocycles. The molecule has 2 heterocycles. The normalized spacial score (nSPS) is 22.7. The summed E-state index contributed by atoms with van der Waals surface area (Å²) >= 11 is 0. The van der Waals surface area contributed by atoms with E-state index in [1.54, 1.807) is 0 Å². The van der Waals surface area contributed by atoms with Gasteiger partial charge < -0.3 is 4.74 Å². The van der Waals surface area contributed by atoms with E-state index >= 15 is 0 Å². The summed E-state index contributed by atoms with van der Waals surface area (Å²) in [4.78, 5) is 3.94. The number of rotatable bonds is 1. The van der Waals surface area contributed by atoms with Crippen molar-refractivity contribution in [3.63, 3.8) is 0 Å². The zero-order chi connectivity index (χ0) is 6.97. The quantitative estimate of drug-likeness (QED) is 0.548. The summed E-state index contributed by atoms with van der Waals surface area (Å²) in [6.07, 6.45) is 1.50. The fourth-order valence-electron chi connectivity index (χ4n) is 0.816. The van der Waals surface area contributed by atoms with E-state index in [1.807, 2.05) is 0 Å². The molecule has 0 unspecified atom stereocenters. The Bertz CT molecular complexity index is 247. The van der Waals surface area contributed by atoms with Gasteiger partial charge in [0.2, 0.25) is 0 Å². The number of ether oxygens (including phenoxy) is 1. The number of pyridine rings is 1. The van der Waals surface area contributed by atoms with Crippen molar-refractivity contribution in [2.24, 2.45) is 0 Å². The molecule has 2 nitrogen and oxygen atoms in total. The van der Waals surface area contributed by atoms with Crippen LogP contribution in [0.2, 0.25) is 0 Å². The van der Waals surface area contributed by atoms with Crippen molar-refractivity contribution in [3.8, 4) is 0 Å². The third kappa shape index (κ3) is 0.998. The van der Waals surface area contributed by atoms with Crippen LogP contribution in [0.25, 0.3) is 0 Å². The van der Waals surface area contributed by atoms with E-state index in [4.69, 9.17) is 4.74 Å². The maximum atomic E-state index is 12.5. The van der Waals surface area contributed by atoms with Gasteiger partial charge in [-0.2, -0.15) is 0 Å². The predicted molar refractivity (Wildman–Crippen MR) is 32.9 cm³/mol. The maximum Gasteiger partial charge on any atom is 0.126 e. The number of hydrogen-bond donors (Lipinski definition) is 0. The van der Waals surface area contributed by atoms with E-state index in [2.05, 4.69) is 4.98 Å². The van der Waals surface area contributed by atoms with Crippen molar-refractivity contribution in [1.29, 1.82) is 0 Å². The summed E-state index contributed by atoms with van der Waals surface area (Å²) in [5.74, 6) is -0.250. The van der Waals surface area contributed by atoms with Gasteiger partial charge in [-0.05, 0) is 12.1 Å². The fourth-order valence-corrected chi connectivity index (χ4v) is 0.816. The molecule has 0 saturated carbocycles. The number of halogens is 1.